The summed E-state index contributed by atoms with van der Waals surface area (Å²) in [5.41, 5.74) is 1.02. The molecule has 0 unspecified atom stereocenters. The molecule has 0 aliphatic carbocycles. The topological polar surface area (TPSA) is 63.0 Å². The molecule has 0 saturated heterocycles. The van der Waals surface area contributed by atoms with Crippen molar-refractivity contribution in [3.63, 3.8) is 0 Å². The van der Waals surface area contributed by atoms with Gasteiger partial charge in [-0.05, 0) is 17.7 Å². The Morgan fingerprint density at radius 3 is 2.40 bits per heavy atom. The van der Waals surface area contributed by atoms with Crippen LogP contribution in [0.2, 0.25) is 0 Å². The molecule has 2 rings (SSSR count). The predicted molar refractivity (Wildman–Crippen MR) is 93.5 cm³/mol. The van der Waals surface area contributed by atoms with Crippen molar-refractivity contribution in [2.75, 3.05) is 26.8 Å². The largest absolute Gasteiger partial charge is 0.467 e. The Balaban J connectivity index is 2.09. The molecule has 0 aliphatic rings. The number of methoxy groups -OCH3 is 1. The van der Waals surface area contributed by atoms with Crippen molar-refractivity contribution in [1.82, 2.24) is 9.80 Å². The number of amides is 2. The third-order valence-corrected chi connectivity index (χ3v) is 3.83. The van der Waals surface area contributed by atoms with Gasteiger partial charge in [-0.15, -0.1) is 0 Å². The van der Waals surface area contributed by atoms with Crippen LogP contribution < -0.4 is 0 Å². The van der Waals surface area contributed by atoms with Crippen LogP contribution in [0.25, 0.3) is 0 Å². The molecule has 6 nitrogen and oxygen atoms in total. The molecule has 2 aromatic rings. The number of benzene rings is 1. The van der Waals surface area contributed by atoms with E-state index in [9.17, 15) is 9.59 Å². The summed E-state index contributed by atoms with van der Waals surface area (Å²) in [6.07, 6.45) is 1.58. The lowest BCUT2D eigenvalue weighted by atomic mass is 10.2. The van der Waals surface area contributed by atoms with Crippen LogP contribution in [0.1, 0.15) is 18.2 Å². The quantitative estimate of drug-likeness (QED) is 0.700. The highest BCUT2D eigenvalue weighted by molar-refractivity contribution is 5.83. The van der Waals surface area contributed by atoms with Crippen molar-refractivity contribution in [3.8, 4) is 0 Å². The molecule has 1 aromatic carbocycles. The van der Waals surface area contributed by atoms with Crippen molar-refractivity contribution in [3.05, 3.63) is 60.1 Å². The summed E-state index contributed by atoms with van der Waals surface area (Å²) in [4.78, 5) is 27.7. The molecule has 0 spiro atoms. The highest BCUT2D eigenvalue weighted by Gasteiger charge is 2.20. The molecule has 0 bridgehead atoms. The highest BCUT2D eigenvalue weighted by atomic mass is 16.5. The number of carbonyl (C=O) groups excluding carboxylic acids is 2. The van der Waals surface area contributed by atoms with Gasteiger partial charge in [0.2, 0.25) is 11.8 Å². The molecule has 0 fully saturated rings. The number of ether oxygens (including phenoxy) is 1. The number of hydrogen-bond donors (Lipinski definition) is 0. The van der Waals surface area contributed by atoms with Gasteiger partial charge in [-0.25, -0.2) is 0 Å². The van der Waals surface area contributed by atoms with Gasteiger partial charge in [0.1, 0.15) is 5.76 Å². The van der Waals surface area contributed by atoms with Gasteiger partial charge in [0.15, 0.2) is 0 Å². The van der Waals surface area contributed by atoms with Crippen LogP contribution in [0.5, 0.6) is 0 Å². The average molecular weight is 344 g/mol. The molecule has 1 aromatic heterocycles. The lowest BCUT2D eigenvalue weighted by Crippen LogP contribution is -2.42. The fourth-order valence-electron chi connectivity index (χ4n) is 2.44. The summed E-state index contributed by atoms with van der Waals surface area (Å²) in [5, 5.41) is 0. The highest BCUT2D eigenvalue weighted by Crippen LogP contribution is 2.11. The molecule has 0 radical (unpaired) electrons. The number of hydrogen-bond acceptors (Lipinski definition) is 4. The zero-order valence-corrected chi connectivity index (χ0v) is 14.7. The standard InChI is InChI=1S/C19H24N2O4/c1-16(22)20(10-12-24-2)15-19(23)21(14-18-9-6-11-25-18)13-17-7-4-3-5-8-17/h3-9,11H,10,12-15H2,1-2H3. The third kappa shape index (κ3) is 6.08. The number of nitrogens with zero attached hydrogens (tertiary/aromatic N) is 2. The van der Waals surface area contributed by atoms with E-state index in [4.69, 9.17) is 9.15 Å². The third-order valence-electron chi connectivity index (χ3n) is 3.83. The Kier molecular flexibility index (Phi) is 7.22. The number of carbonyl (C=O) groups is 2. The maximum atomic E-state index is 12.8. The molecule has 2 amide bonds. The van der Waals surface area contributed by atoms with Crippen LogP contribution in [0.4, 0.5) is 0 Å². The first-order valence-corrected chi connectivity index (χ1v) is 8.18. The zero-order chi connectivity index (χ0) is 18.1. The first-order valence-electron chi connectivity index (χ1n) is 8.18. The van der Waals surface area contributed by atoms with Crippen LogP contribution in [0.15, 0.2) is 53.1 Å². The molecule has 0 aliphatic heterocycles. The molecule has 134 valence electrons. The Bertz CT molecular complexity index is 655. The lowest BCUT2D eigenvalue weighted by molar-refractivity contribution is -0.140. The summed E-state index contributed by atoms with van der Waals surface area (Å²) < 4.78 is 10.4. The molecule has 0 N–H and O–H groups in total. The zero-order valence-electron chi connectivity index (χ0n) is 14.7. The summed E-state index contributed by atoms with van der Waals surface area (Å²) in [5.74, 6) is 0.421. The van der Waals surface area contributed by atoms with E-state index in [-0.39, 0.29) is 18.4 Å². The van der Waals surface area contributed by atoms with Crippen molar-refractivity contribution < 1.29 is 18.7 Å². The van der Waals surface area contributed by atoms with Crippen LogP contribution in [0.3, 0.4) is 0 Å². The van der Waals surface area contributed by atoms with E-state index in [0.717, 1.165) is 5.56 Å². The summed E-state index contributed by atoms with van der Waals surface area (Å²) >= 11 is 0. The molecule has 0 atom stereocenters. The minimum absolute atomic E-state index is 0.0201. The average Bonchev–Trinajstić information content (AvgIpc) is 3.11. The molecule has 0 saturated carbocycles. The smallest absolute Gasteiger partial charge is 0.242 e. The summed E-state index contributed by atoms with van der Waals surface area (Å²) in [7, 11) is 1.57. The van der Waals surface area contributed by atoms with Gasteiger partial charge in [-0.1, -0.05) is 30.3 Å². The lowest BCUT2D eigenvalue weighted by Gasteiger charge is -2.26. The first kappa shape index (κ1) is 18.7. The first-order chi connectivity index (χ1) is 12.1. The van der Waals surface area contributed by atoms with Gasteiger partial charge in [0.05, 0.1) is 26.0 Å². The van der Waals surface area contributed by atoms with Crippen LogP contribution in [-0.2, 0) is 27.4 Å². The van der Waals surface area contributed by atoms with Gasteiger partial charge in [-0.2, -0.15) is 0 Å². The van der Waals surface area contributed by atoms with Crippen LogP contribution in [-0.4, -0.2) is 48.4 Å². The van der Waals surface area contributed by atoms with Gasteiger partial charge in [0, 0.05) is 27.1 Å². The predicted octanol–water partition coefficient (Wildman–Crippen LogP) is 2.30. The van der Waals surface area contributed by atoms with Gasteiger partial charge < -0.3 is 19.0 Å². The molecule has 25 heavy (non-hydrogen) atoms. The van der Waals surface area contributed by atoms with Crippen molar-refractivity contribution >= 4 is 11.8 Å². The minimum Gasteiger partial charge on any atom is -0.467 e. The Labute approximate surface area is 148 Å². The number of rotatable bonds is 9. The second-order valence-electron chi connectivity index (χ2n) is 5.75. The monoisotopic (exact) mass is 344 g/mol. The molecule has 6 heteroatoms. The SMILES string of the molecule is COCCN(CC(=O)N(Cc1ccccc1)Cc1ccco1)C(C)=O. The van der Waals surface area contributed by atoms with E-state index in [2.05, 4.69) is 0 Å². The Hall–Kier alpha value is -2.60. The van der Waals surface area contributed by atoms with Crippen LogP contribution in [0, 0.1) is 0 Å². The van der Waals surface area contributed by atoms with E-state index in [1.54, 1.807) is 24.3 Å². The Morgan fingerprint density at radius 2 is 1.80 bits per heavy atom. The second-order valence-corrected chi connectivity index (χ2v) is 5.75. The van der Waals surface area contributed by atoms with E-state index < -0.39 is 0 Å². The van der Waals surface area contributed by atoms with Gasteiger partial charge in [-0.3, -0.25) is 9.59 Å². The summed E-state index contributed by atoms with van der Waals surface area (Å²) in [6.45, 7) is 3.07. The number of furan rings is 1. The Morgan fingerprint density at radius 1 is 1.04 bits per heavy atom. The van der Waals surface area contributed by atoms with Crippen molar-refractivity contribution in [2.24, 2.45) is 0 Å². The second kappa shape index (κ2) is 9.64. The maximum Gasteiger partial charge on any atom is 0.242 e. The molecular weight excluding hydrogens is 320 g/mol. The van der Waals surface area contributed by atoms with E-state index >= 15 is 0 Å². The van der Waals surface area contributed by atoms with Gasteiger partial charge >= 0.3 is 0 Å². The fraction of sp³-hybridized carbons (Fsp3) is 0.368. The van der Waals surface area contributed by atoms with E-state index in [1.807, 2.05) is 36.4 Å². The van der Waals surface area contributed by atoms with Crippen molar-refractivity contribution in [2.45, 2.75) is 20.0 Å². The summed E-state index contributed by atoms with van der Waals surface area (Å²) in [6, 6.07) is 13.4. The fourth-order valence-corrected chi connectivity index (χ4v) is 2.44. The van der Waals surface area contributed by atoms with E-state index in [1.165, 1.54) is 11.8 Å². The van der Waals surface area contributed by atoms with Crippen molar-refractivity contribution in [1.29, 1.82) is 0 Å². The van der Waals surface area contributed by atoms with Gasteiger partial charge in [0.25, 0.3) is 0 Å². The molecular formula is C19H24N2O4. The minimum atomic E-state index is -0.150. The normalized spacial score (nSPS) is 10.5. The maximum absolute atomic E-state index is 12.8. The molecule has 1 heterocycles. The van der Waals surface area contributed by atoms with E-state index in [0.29, 0.717) is 32.0 Å². The van der Waals surface area contributed by atoms with Crippen LogP contribution >= 0.6 is 0 Å².